The summed E-state index contributed by atoms with van der Waals surface area (Å²) in [6.07, 6.45) is 1.05. The van der Waals surface area contributed by atoms with Gasteiger partial charge in [0.25, 0.3) is 5.91 Å². The van der Waals surface area contributed by atoms with Gasteiger partial charge in [0.2, 0.25) is 0 Å². The maximum absolute atomic E-state index is 13.4. The Kier molecular flexibility index (Phi) is 4.53. The Morgan fingerprint density at radius 1 is 1.17 bits per heavy atom. The van der Waals surface area contributed by atoms with Gasteiger partial charge in [-0.15, -0.1) is 0 Å². The van der Waals surface area contributed by atoms with Crippen LogP contribution >= 0.6 is 0 Å². The van der Waals surface area contributed by atoms with Gasteiger partial charge in [0, 0.05) is 24.3 Å². The molecule has 0 unspecified atom stereocenters. The number of H-pyrrole nitrogens is 1. The second kappa shape index (κ2) is 7.04. The van der Waals surface area contributed by atoms with E-state index in [2.05, 4.69) is 20.3 Å². The fourth-order valence-corrected chi connectivity index (χ4v) is 2.84. The minimum absolute atomic E-state index is 0.107. The van der Waals surface area contributed by atoms with Gasteiger partial charge in [-0.3, -0.25) is 4.79 Å². The van der Waals surface area contributed by atoms with Crippen molar-refractivity contribution < 1.29 is 22.4 Å². The molecule has 2 N–H and O–H groups in total. The number of halogens is 4. The van der Waals surface area contributed by atoms with Gasteiger partial charge >= 0.3 is 6.18 Å². The van der Waals surface area contributed by atoms with E-state index >= 15 is 0 Å². The molecule has 0 atom stereocenters. The molecule has 0 bridgehead atoms. The number of carbonyl (C=O) groups excluding carboxylic acids is 1. The fraction of sp³-hybridized carbons (Fsp3) is 0.105. The summed E-state index contributed by atoms with van der Waals surface area (Å²) in [6, 6.07) is 6.00. The van der Waals surface area contributed by atoms with Gasteiger partial charge in [-0.05, 0) is 23.8 Å². The van der Waals surface area contributed by atoms with E-state index < -0.39 is 23.5 Å². The second-order valence-corrected chi connectivity index (χ2v) is 6.33. The van der Waals surface area contributed by atoms with Crippen LogP contribution in [0.4, 0.5) is 23.2 Å². The molecule has 4 rings (SSSR count). The molecule has 0 saturated carbocycles. The highest BCUT2D eigenvalue weighted by Crippen LogP contribution is 2.29. The Bertz CT molecular complexity index is 1180. The van der Waals surface area contributed by atoms with Crippen molar-refractivity contribution in [2.45, 2.75) is 12.7 Å². The number of alkyl halides is 3. The summed E-state index contributed by atoms with van der Waals surface area (Å²) in [6.45, 7) is 0.251. The molecule has 0 spiro atoms. The van der Waals surface area contributed by atoms with Crippen LogP contribution in [0.2, 0.25) is 0 Å². The first-order chi connectivity index (χ1) is 13.8. The number of amides is 1. The molecule has 1 amide bonds. The standard InChI is InChI=1S/C19H13F4N5O/c20-13-5-14-15(7-25-17(14)24-6-13)27-18(29)16-9-28(10-26-16)8-11-1-3-12(4-2-11)19(21,22)23/h1-7,9-10H,8H2,(H,24,25)(H,27,29). The van der Waals surface area contributed by atoms with Crippen molar-refractivity contribution >= 4 is 22.6 Å². The number of hydrogen-bond donors (Lipinski definition) is 2. The maximum Gasteiger partial charge on any atom is 0.416 e. The zero-order valence-electron chi connectivity index (χ0n) is 14.7. The van der Waals surface area contributed by atoms with Gasteiger partial charge in [-0.1, -0.05) is 12.1 Å². The number of carbonyl (C=O) groups is 1. The number of imidazole rings is 1. The fourth-order valence-electron chi connectivity index (χ4n) is 2.84. The highest BCUT2D eigenvalue weighted by molar-refractivity contribution is 6.07. The Morgan fingerprint density at radius 2 is 1.93 bits per heavy atom. The number of benzene rings is 1. The van der Waals surface area contributed by atoms with Gasteiger partial charge in [0.1, 0.15) is 17.2 Å². The molecule has 0 saturated heterocycles. The number of fused-ring (bicyclic) bond motifs is 1. The Balaban J connectivity index is 1.47. The Morgan fingerprint density at radius 3 is 2.66 bits per heavy atom. The number of aromatic nitrogens is 4. The summed E-state index contributed by atoms with van der Waals surface area (Å²) in [5.74, 6) is -1.05. The predicted octanol–water partition coefficient (Wildman–Crippen LogP) is 4.22. The van der Waals surface area contributed by atoms with Gasteiger partial charge in [-0.2, -0.15) is 13.2 Å². The second-order valence-electron chi connectivity index (χ2n) is 6.33. The zero-order chi connectivity index (χ0) is 20.6. The Hall–Kier alpha value is -3.69. The van der Waals surface area contributed by atoms with E-state index in [0.29, 0.717) is 22.3 Å². The van der Waals surface area contributed by atoms with Crippen LogP contribution in [-0.2, 0) is 12.7 Å². The first-order valence-corrected chi connectivity index (χ1v) is 8.41. The van der Waals surface area contributed by atoms with Crippen molar-refractivity contribution in [3.63, 3.8) is 0 Å². The quantitative estimate of drug-likeness (QED) is 0.501. The number of aromatic amines is 1. The molecule has 148 valence electrons. The van der Waals surface area contributed by atoms with Crippen molar-refractivity contribution in [1.82, 2.24) is 19.5 Å². The third-order valence-electron chi connectivity index (χ3n) is 4.26. The van der Waals surface area contributed by atoms with Crippen LogP contribution < -0.4 is 5.32 Å². The van der Waals surface area contributed by atoms with Crippen molar-refractivity contribution in [1.29, 1.82) is 0 Å². The highest BCUT2D eigenvalue weighted by atomic mass is 19.4. The summed E-state index contributed by atoms with van der Waals surface area (Å²) < 4.78 is 52.8. The number of rotatable bonds is 4. The minimum Gasteiger partial charge on any atom is -0.344 e. The maximum atomic E-state index is 13.4. The summed E-state index contributed by atoms with van der Waals surface area (Å²) >= 11 is 0. The zero-order valence-corrected chi connectivity index (χ0v) is 14.7. The largest absolute Gasteiger partial charge is 0.416 e. The molecule has 4 aromatic rings. The third-order valence-corrected chi connectivity index (χ3v) is 4.26. The molecular formula is C19H13F4N5O. The van der Waals surface area contributed by atoms with Gasteiger partial charge in [-0.25, -0.2) is 14.4 Å². The van der Waals surface area contributed by atoms with Gasteiger partial charge in [0.05, 0.1) is 23.8 Å². The number of nitrogens with zero attached hydrogens (tertiary/aromatic N) is 3. The van der Waals surface area contributed by atoms with Crippen molar-refractivity contribution in [2.24, 2.45) is 0 Å². The summed E-state index contributed by atoms with van der Waals surface area (Å²) in [4.78, 5) is 23.1. The highest BCUT2D eigenvalue weighted by Gasteiger charge is 2.29. The van der Waals surface area contributed by atoms with Crippen LogP contribution in [0, 0.1) is 5.82 Å². The number of nitrogens with one attached hydrogen (secondary N) is 2. The van der Waals surface area contributed by atoms with Crippen LogP contribution in [0.3, 0.4) is 0 Å². The van der Waals surface area contributed by atoms with E-state index in [1.807, 2.05) is 0 Å². The van der Waals surface area contributed by atoms with Crippen LogP contribution in [0.25, 0.3) is 11.0 Å². The SMILES string of the molecule is O=C(Nc1c[nH]c2ncc(F)cc12)c1cn(Cc2ccc(C(F)(F)F)cc2)cn1. The molecule has 0 aliphatic heterocycles. The van der Waals surface area contributed by atoms with Crippen LogP contribution in [0.15, 0.2) is 55.2 Å². The topological polar surface area (TPSA) is 75.6 Å². The molecule has 1 aromatic carbocycles. The van der Waals surface area contributed by atoms with E-state index in [1.54, 1.807) is 4.57 Å². The van der Waals surface area contributed by atoms with Crippen LogP contribution in [0.5, 0.6) is 0 Å². The lowest BCUT2D eigenvalue weighted by atomic mass is 10.1. The first-order valence-electron chi connectivity index (χ1n) is 8.41. The molecule has 3 aromatic heterocycles. The van der Waals surface area contributed by atoms with Crippen LogP contribution in [0.1, 0.15) is 21.6 Å². The summed E-state index contributed by atoms with van der Waals surface area (Å²) in [7, 11) is 0. The monoisotopic (exact) mass is 403 g/mol. The molecule has 0 radical (unpaired) electrons. The van der Waals surface area contributed by atoms with Gasteiger partial charge in [0.15, 0.2) is 0 Å². The molecule has 29 heavy (non-hydrogen) atoms. The van der Waals surface area contributed by atoms with E-state index in [1.165, 1.54) is 36.9 Å². The summed E-state index contributed by atoms with van der Waals surface area (Å²) in [5, 5.41) is 3.05. The van der Waals surface area contributed by atoms with Crippen molar-refractivity contribution in [3.8, 4) is 0 Å². The lowest BCUT2D eigenvalue weighted by Crippen LogP contribution is -2.12. The average Bonchev–Trinajstić information content (AvgIpc) is 3.29. The van der Waals surface area contributed by atoms with E-state index in [-0.39, 0.29) is 12.2 Å². The molecule has 0 aliphatic carbocycles. The lowest BCUT2D eigenvalue weighted by Gasteiger charge is -2.08. The smallest absolute Gasteiger partial charge is 0.344 e. The Labute approximate surface area is 161 Å². The molecule has 10 heteroatoms. The normalized spacial score (nSPS) is 11.7. The number of anilines is 1. The van der Waals surface area contributed by atoms with Crippen LogP contribution in [-0.4, -0.2) is 25.4 Å². The third kappa shape index (κ3) is 3.96. The summed E-state index contributed by atoms with van der Waals surface area (Å²) in [5.41, 5.74) is 0.789. The number of pyridine rings is 1. The van der Waals surface area contributed by atoms with Crippen molar-refractivity contribution in [2.75, 3.05) is 5.32 Å². The minimum atomic E-state index is -4.39. The first kappa shape index (κ1) is 18.7. The number of hydrogen-bond acceptors (Lipinski definition) is 3. The predicted molar refractivity (Wildman–Crippen MR) is 96.8 cm³/mol. The molecule has 6 nitrogen and oxygen atoms in total. The lowest BCUT2D eigenvalue weighted by molar-refractivity contribution is -0.137. The van der Waals surface area contributed by atoms with E-state index in [4.69, 9.17) is 0 Å². The average molecular weight is 403 g/mol. The van der Waals surface area contributed by atoms with E-state index in [0.717, 1.165) is 18.3 Å². The molecule has 3 heterocycles. The van der Waals surface area contributed by atoms with Crippen molar-refractivity contribution in [3.05, 3.63) is 77.9 Å². The molecular weight excluding hydrogens is 390 g/mol. The van der Waals surface area contributed by atoms with Gasteiger partial charge < -0.3 is 14.9 Å². The molecule has 0 fully saturated rings. The molecule has 0 aliphatic rings. The van der Waals surface area contributed by atoms with E-state index in [9.17, 15) is 22.4 Å².